The van der Waals surface area contributed by atoms with Crippen LogP contribution in [0.1, 0.15) is 41.6 Å². The Kier molecular flexibility index (Phi) is 3.60. The van der Waals surface area contributed by atoms with E-state index in [1.807, 2.05) is 12.1 Å². The van der Waals surface area contributed by atoms with Crippen LogP contribution in [0.2, 0.25) is 0 Å². The highest BCUT2D eigenvalue weighted by molar-refractivity contribution is 5.76. The van der Waals surface area contributed by atoms with Crippen molar-refractivity contribution in [2.45, 2.75) is 32.6 Å². The summed E-state index contributed by atoms with van der Waals surface area (Å²) in [5.41, 5.74) is 3.29. The Bertz CT molecular complexity index is 365. The molecule has 1 aromatic rings. The molecule has 86 valence electrons. The second-order valence-corrected chi connectivity index (χ2v) is 4.57. The van der Waals surface area contributed by atoms with Gasteiger partial charge in [0.15, 0.2) is 0 Å². The van der Waals surface area contributed by atoms with Gasteiger partial charge in [-0.25, -0.2) is 0 Å². The molecule has 0 radical (unpaired) electrons. The molecule has 0 aromatic heterocycles. The Labute approximate surface area is 97.3 Å². The largest absolute Gasteiger partial charge is 0.371 e. The average Bonchev–Trinajstić information content (AvgIpc) is 2.57. The number of hydrogen-bond acceptors (Lipinski definition) is 2. The molecular weight excluding hydrogens is 198 g/mol. The molecule has 2 nitrogen and oxygen atoms in total. The summed E-state index contributed by atoms with van der Waals surface area (Å²) >= 11 is 0. The molecule has 1 aliphatic rings. The van der Waals surface area contributed by atoms with E-state index in [4.69, 9.17) is 0 Å². The zero-order valence-corrected chi connectivity index (χ0v) is 9.91. The Hall–Kier alpha value is -1.31. The van der Waals surface area contributed by atoms with Gasteiger partial charge in [0.25, 0.3) is 0 Å². The molecule has 2 heteroatoms. The van der Waals surface area contributed by atoms with Crippen LogP contribution in [0.5, 0.6) is 0 Å². The molecule has 0 spiro atoms. The van der Waals surface area contributed by atoms with Crippen LogP contribution in [-0.2, 0) is 0 Å². The van der Waals surface area contributed by atoms with Crippen LogP contribution >= 0.6 is 0 Å². The summed E-state index contributed by atoms with van der Waals surface area (Å²) in [6.45, 7) is 4.40. The van der Waals surface area contributed by atoms with Gasteiger partial charge < -0.3 is 4.90 Å². The minimum Gasteiger partial charge on any atom is -0.371 e. The van der Waals surface area contributed by atoms with Crippen molar-refractivity contribution in [3.05, 3.63) is 29.3 Å². The van der Waals surface area contributed by atoms with Crippen LogP contribution in [0, 0.1) is 6.92 Å². The van der Waals surface area contributed by atoms with E-state index in [9.17, 15) is 4.79 Å². The predicted molar refractivity (Wildman–Crippen MR) is 67.2 cm³/mol. The lowest BCUT2D eigenvalue weighted by Crippen LogP contribution is -2.24. The highest BCUT2D eigenvalue weighted by Gasteiger charge is 2.11. The number of aldehydes is 1. The van der Waals surface area contributed by atoms with E-state index >= 15 is 0 Å². The maximum absolute atomic E-state index is 10.7. The van der Waals surface area contributed by atoms with Gasteiger partial charge in [-0.2, -0.15) is 0 Å². The molecule has 0 aliphatic carbocycles. The van der Waals surface area contributed by atoms with Crippen LogP contribution in [0.3, 0.4) is 0 Å². The van der Waals surface area contributed by atoms with E-state index < -0.39 is 0 Å². The van der Waals surface area contributed by atoms with Crippen molar-refractivity contribution in [1.29, 1.82) is 0 Å². The molecule has 0 N–H and O–H groups in total. The summed E-state index contributed by atoms with van der Waals surface area (Å²) < 4.78 is 0. The van der Waals surface area contributed by atoms with Gasteiger partial charge in [0.05, 0.1) is 0 Å². The standard InChI is InChI=1S/C14H19NO/c1-12-10-13(11-16)6-7-14(12)15-8-4-2-3-5-9-15/h6-7,10-11H,2-5,8-9H2,1H3. The van der Waals surface area contributed by atoms with E-state index in [0.29, 0.717) is 0 Å². The van der Waals surface area contributed by atoms with E-state index in [-0.39, 0.29) is 0 Å². The summed E-state index contributed by atoms with van der Waals surface area (Å²) in [5, 5.41) is 0. The Morgan fingerprint density at radius 2 is 1.81 bits per heavy atom. The molecule has 1 fully saturated rings. The summed E-state index contributed by atoms with van der Waals surface area (Å²) in [6.07, 6.45) is 6.19. The molecule has 0 unspecified atom stereocenters. The molecule has 16 heavy (non-hydrogen) atoms. The van der Waals surface area contributed by atoms with Crippen LogP contribution < -0.4 is 4.90 Å². The van der Waals surface area contributed by atoms with Gasteiger partial charge in [0.2, 0.25) is 0 Å². The first-order valence-corrected chi connectivity index (χ1v) is 6.12. The van der Waals surface area contributed by atoms with Gasteiger partial charge in [-0.05, 0) is 43.5 Å². The number of hydrogen-bond donors (Lipinski definition) is 0. The van der Waals surface area contributed by atoms with Gasteiger partial charge in [0.1, 0.15) is 6.29 Å². The van der Waals surface area contributed by atoms with Crippen molar-refractivity contribution in [2.24, 2.45) is 0 Å². The van der Waals surface area contributed by atoms with Crippen LogP contribution in [0.4, 0.5) is 5.69 Å². The lowest BCUT2D eigenvalue weighted by Gasteiger charge is -2.24. The molecule has 2 rings (SSSR count). The maximum atomic E-state index is 10.7. The fourth-order valence-corrected chi connectivity index (χ4v) is 2.42. The van der Waals surface area contributed by atoms with Crippen molar-refractivity contribution in [1.82, 2.24) is 0 Å². The van der Waals surface area contributed by atoms with E-state index in [1.165, 1.54) is 36.9 Å². The van der Waals surface area contributed by atoms with Crippen LogP contribution in [0.15, 0.2) is 18.2 Å². The third kappa shape index (κ3) is 2.43. The number of benzene rings is 1. The summed E-state index contributed by atoms with van der Waals surface area (Å²) in [7, 11) is 0. The number of nitrogens with zero attached hydrogens (tertiary/aromatic N) is 1. The molecule has 1 saturated heterocycles. The first-order chi connectivity index (χ1) is 7.81. The van der Waals surface area contributed by atoms with Crippen molar-refractivity contribution in [2.75, 3.05) is 18.0 Å². The highest BCUT2D eigenvalue weighted by Crippen LogP contribution is 2.23. The second-order valence-electron chi connectivity index (χ2n) is 4.57. The normalized spacial score (nSPS) is 16.9. The molecule has 0 bridgehead atoms. The number of carbonyl (C=O) groups excluding carboxylic acids is 1. The Morgan fingerprint density at radius 3 is 2.38 bits per heavy atom. The van der Waals surface area contributed by atoms with Gasteiger partial charge in [-0.1, -0.05) is 12.8 Å². The van der Waals surface area contributed by atoms with E-state index in [0.717, 1.165) is 24.9 Å². The molecule has 1 aliphatic heterocycles. The first kappa shape index (κ1) is 11.2. The quantitative estimate of drug-likeness (QED) is 0.709. The second kappa shape index (κ2) is 5.15. The molecule has 0 atom stereocenters. The average molecular weight is 217 g/mol. The third-order valence-electron chi connectivity index (χ3n) is 3.30. The van der Waals surface area contributed by atoms with Gasteiger partial charge in [0, 0.05) is 24.3 Å². The van der Waals surface area contributed by atoms with E-state index in [2.05, 4.69) is 17.9 Å². The lowest BCUT2D eigenvalue weighted by molar-refractivity contribution is 0.112. The SMILES string of the molecule is Cc1cc(C=O)ccc1N1CCCCCC1. The number of rotatable bonds is 2. The lowest BCUT2D eigenvalue weighted by atomic mass is 10.1. The van der Waals surface area contributed by atoms with Crippen molar-refractivity contribution in [3.63, 3.8) is 0 Å². The zero-order chi connectivity index (χ0) is 11.4. The molecular formula is C14H19NO. The number of carbonyl (C=O) groups is 1. The minimum atomic E-state index is 0.774. The summed E-state index contributed by atoms with van der Waals surface area (Å²) in [6, 6.07) is 5.98. The minimum absolute atomic E-state index is 0.774. The van der Waals surface area contributed by atoms with Crippen molar-refractivity contribution in [3.8, 4) is 0 Å². The van der Waals surface area contributed by atoms with Crippen molar-refractivity contribution < 1.29 is 4.79 Å². The predicted octanol–water partition coefficient (Wildman–Crippen LogP) is 3.19. The Morgan fingerprint density at radius 1 is 1.12 bits per heavy atom. The molecule has 0 amide bonds. The monoisotopic (exact) mass is 217 g/mol. The number of anilines is 1. The third-order valence-corrected chi connectivity index (χ3v) is 3.30. The molecule has 1 aromatic carbocycles. The molecule has 1 heterocycles. The van der Waals surface area contributed by atoms with Gasteiger partial charge in [-0.15, -0.1) is 0 Å². The van der Waals surface area contributed by atoms with Crippen LogP contribution in [-0.4, -0.2) is 19.4 Å². The van der Waals surface area contributed by atoms with Gasteiger partial charge >= 0.3 is 0 Å². The Balaban J connectivity index is 2.21. The maximum Gasteiger partial charge on any atom is 0.150 e. The molecule has 0 saturated carbocycles. The topological polar surface area (TPSA) is 20.3 Å². The summed E-state index contributed by atoms with van der Waals surface area (Å²) in [4.78, 5) is 13.1. The van der Waals surface area contributed by atoms with Crippen molar-refractivity contribution >= 4 is 12.0 Å². The van der Waals surface area contributed by atoms with Gasteiger partial charge in [-0.3, -0.25) is 4.79 Å². The fourth-order valence-electron chi connectivity index (χ4n) is 2.42. The fraction of sp³-hybridized carbons (Fsp3) is 0.500. The zero-order valence-electron chi connectivity index (χ0n) is 9.91. The summed E-state index contributed by atoms with van der Waals surface area (Å²) in [5.74, 6) is 0. The van der Waals surface area contributed by atoms with E-state index in [1.54, 1.807) is 0 Å². The number of aryl methyl sites for hydroxylation is 1. The first-order valence-electron chi connectivity index (χ1n) is 6.12. The van der Waals surface area contributed by atoms with Crippen LogP contribution in [0.25, 0.3) is 0 Å². The highest BCUT2D eigenvalue weighted by atomic mass is 16.1. The smallest absolute Gasteiger partial charge is 0.150 e.